The lowest BCUT2D eigenvalue weighted by atomic mass is 10.1. The molecule has 0 saturated heterocycles. The molecule has 0 aliphatic heterocycles. The van der Waals surface area contributed by atoms with Gasteiger partial charge in [0.2, 0.25) is 5.91 Å². The van der Waals surface area contributed by atoms with Crippen molar-refractivity contribution in [1.82, 2.24) is 15.5 Å². The average molecular weight is 460 g/mol. The first kappa shape index (κ1) is 23.7. The zero-order valence-electron chi connectivity index (χ0n) is 16.3. The summed E-state index contributed by atoms with van der Waals surface area (Å²) in [5, 5.41) is 6.75. The first-order chi connectivity index (χ1) is 11.4. The number of halogens is 1. The third-order valence-electron chi connectivity index (χ3n) is 4.11. The van der Waals surface area contributed by atoms with Crippen LogP contribution in [0.25, 0.3) is 0 Å². The van der Waals surface area contributed by atoms with Gasteiger partial charge in [0.1, 0.15) is 6.54 Å². The van der Waals surface area contributed by atoms with Crippen LogP contribution in [0.5, 0.6) is 0 Å². The van der Waals surface area contributed by atoms with Crippen molar-refractivity contribution in [3.63, 3.8) is 0 Å². The van der Waals surface area contributed by atoms with Gasteiger partial charge in [0, 0.05) is 20.1 Å². The number of aryl methyl sites for hydroxylation is 1. The molecule has 0 heterocycles. The lowest BCUT2D eigenvalue weighted by molar-refractivity contribution is -0.127. The topological polar surface area (TPSA) is 56.7 Å². The van der Waals surface area contributed by atoms with Crippen LogP contribution in [-0.4, -0.2) is 43.4 Å². The number of likely N-dealkylation sites (N-methyl/N-ethyl adjacent to an activating group) is 1. The Morgan fingerprint density at radius 2 is 1.72 bits per heavy atom. The minimum Gasteiger partial charge on any atom is -0.354 e. The Hall–Kier alpha value is -1.31. The highest BCUT2D eigenvalue weighted by atomic mass is 127. The van der Waals surface area contributed by atoms with E-state index < -0.39 is 0 Å². The summed E-state index contributed by atoms with van der Waals surface area (Å²) in [5.41, 5.74) is 2.53. The number of rotatable bonds is 7. The smallest absolute Gasteiger partial charge is 0.243 e. The van der Waals surface area contributed by atoms with Gasteiger partial charge in [0.25, 0.3) is 0 Å². The molecule has 0 aromatic heterocycles. The third-order valence-corrected chi connectivity index (χ3v) is 4.11. The number of hydrogen-bond acceptors (Lipinski definition) is 2. The first-order valence-electron chi connectivity index (χ1n) is 8.73. The van der Waals surface area contributed by atoms with E-state index in [1.54, 1.807) is 19.0 Å². The zero-order chi connectivity index (χ0) is 18.1. The van der Waals surface area contributed by atoms with Gasteiger partial charge in [-0.1, -0.05) is 38.1 Å². The van der Waals surface area contributed by atoms with Crippen LogP contribution in [0.1, 0.15) is 51.3 Å². The van der Waals surface area contributed by atoms with E-state index in [4.69, 9.17) is 0 Å². The molecule has 0 saturated carbocycles. The van der Waals surface area contributed by atoms with E-state index >= 15 is 0 Å². The molecule has 0 aliphatic rings. The molecule has 1 rings (SSSR count). The molecule has 142 valence electrons. The minimum absolute atomic E-state index is 0. The molecule has 1 aromatic carbocycles. The van der Waals surface area contributed by atoms with E-state index in [0.717, 1.165) is 12.8 Å². The molecule has 2 atom stereocenters. The van der Waals surface area contributed by atoms with Crippen LogP contribution in [0.15, 0.2) is 29.3 Å². The van der Waals surface area contributed by atoms with Gasteiger partial charge in [0.15, 0.2) is 5.96 Å². The maximum atomic E-state index is 11.8. The van der Waals surface area contributed by atoms with Gasteiger partial charge < -0.3 is 15.5 Å². The molecule has 0 fully saturated rings. The fourth-order valence-corrected chi connectivity index (χ4v) is 2.09. The molecule has 6 heteroatoms. The van der Waals surface area contributed by atoms with E-state index in [1.165, 1.54) is 11.1 Å². The maximum absolute atomic E-state index is 11.8. The fraction of sp³-hybridized carbons (Fsp3) is 0.579. The highest BCUT2D eigenvalue weighted by molar-refractivity contribution is 14.0. The van der Waals surface area contributed by atoms with Crippen molar-refractivity contribution in [2.75, 3.05) is 20.6 Å². The van der Waals surface area contributed by atoms with E-state index in [2.05, 4.69) is 67.6 Å². The van der Waals surface area contributed by atoms with Gasteiger partial charge in [-0.3, -0.25) is 4.79 Å². The maximum Gasteiger partial charge on any atom is 0.243 e. The predicted octanol–water partition coefficient (Wildman–Crippen LogP) is 3.35. The molecule has 1 aromatic rings. The average Bonchev–Trinajstić information content (AvgIpc) is 2.58. The molecule has 0 aliphatic carbocycles. The number of amides is 1. The van der Waals surface area contributed by atoms with Gasteiger partial charge in [-0.05, 0) is 37.8 Å². The standard InChI is InChI=1S/C19H32N4O.HI/c1-7-14(3)21-19(20-13-18(24)23(5)6)22-15(4)17-11-9-16(8-2)10-12-17;/h9-12,14-15H,7-8,13H2,1-6H3,(H2,20,21,22);1H. The van der Waals surface area contributed by atoms with E-state index in [-0.39, 0.29) is 42.5 Å². The molecular formula is C19H33IN4O. The summed E-state index contributed by atoms with van der Waals surface area (Å²) in [4.78, 5) is 17.8. The van der Waals surface area contributed by atoms with Gasteiger partial charge in [0.05, 0.1) is 6.04 Å². The van der Waals surface area contributed by atoms with E-state index in [9.17, 15) is 4.79 Å². The second kappa shape index (κ2) is 12.1. The van der Waals surface area contributed by atoms with Crippen LogP contribution < -0.4 is 10.6 Å². The number of carbonyl (C=O) groups excluding carboxylic acids is 1. The van der Waals surface area contributed by atoms with Crippen LogP contribution in [0, 0.1) is 0 Å². The third kappa shape index (κ3) is 8.56. The summed E-state index contributed by atoms with van der Waals surface area (Å²) in [7, 11) is 3.48. The Balaban J connectivity index is 0.00000576. The van der Waals surface area contributed by atoms with Crippen molar-refractivity contribution in [2.45, 2.75) is 52.6 Å². The summed E-state index contributed by atoms with van der Waals surface area (Å²) in [6.07, 6.45) is 2.03. The van der Waals surface area contributed by atoms with Gasteiger partial charge >= 0.3 is 0 Å². The molecule has 0 spiro atoms. The van der Waals surface area contributed by atoms with Crippen molar-refractivity contribution < 1.29 is 4.79 Å². The Kier molecular flexibility index (Phi) is 11.5. The second-order valence-corrected chi connectivity index (χ2v) is 6.37. The van der Waals surface area contributed by atoms with E-state index in [1.807, 2.05) is 0 Å². The molecule has 2 N–H and O–H groups in total. The molecule has 5 nitrogen and oxygen atoms in total. The largest absolute Gasteiger partial charge is 0.354 e. The number of benzene rings is 1. The molecule has 2 unspecified atom stereocenters. The highest BCUT2D eigenvalue weighted by Gasteiger charge is 2.11. The first-order valence-corrected chi connectivity index (χ1v) is 8.73. The SMILES string of the molecule is CCc1ccc(C(C)NC(=NCC(=O)N(C)C)NC(C)CC)cc1.I. The van der Waals surface area contributed by atoms with Gasteiger partial charge in [-0.15, -0.1) is 24.0 Å². The summed E-state index contributed by atoms with van der Waals surface area (Å²) in [6, 6.07) is 9.00. The predicted molar refractivity (Wildman–Crippen MR) is 117 cm³/mol. The summed E-state index contributed by atoms with van der Waals surface area (Å²) in [6.45, 7) is 8.61. The van der Waals surface area contributed by atoms with Crippen molar-refractivity contribution in [2.24, 2.45) is 4.99 Å². The van der Waals surface area contributed by atoms with Crippen LogP contribution in [0.4, 0.5) is 0 Å². The number of aliphatic imine (C=N–C) groups is 1. The Morgan fingerprint density at radius 3 is 2.20 bits per heavy atom. The molecular weight excluding hydrogens is 427 g/mol. The fourth-order valence-electron chi connectivity index (χ4n) is 2.09. The quantitative estimate of drug-likeness (QED) is 0.373. The van der Waals surface area contributed by atoms with Crippen molar-refractivity contribution >= 4 is 35.8 Å². The Bertz CT molecular complexity index is 543. The van der Waals surface area contributed by atoms with Crippen LogP contribution in [0.2, 0.25) is 0 Å². The molecule has 1 amide bonds. The lowest BCUT2D eigenvalue weighted by Gasteiger charge is -2.22. The normalized spacial score (nSPS) is 13.4. The van der Waals surface area contributed by atoms with Gasteiger partial charge in [-0.2, -0.15) is 0 Å². The Morgan fingerprint density at radius 1 is 1.12 bits per heavy atom. The van der Waals surface area contributed by atoms with Gasteiger partial charge in [-0.25, -0.2) is 4.99 Å². The summed E-state index contributed by atoms with van der Waals surface area (Å²) >= 11 is 0. The lowest BCUT2D eigenvalue weighted by Crippen LogP contribution is -2.43. The number of nitrogens with zero attached hydrogens (tertiary/aromatic N) is 2. The number of hydrogen-bond donors (Lipinski definition) is 2. The minimum atomic E-state index is -0.0137. The van der Waals surface area contributed by atoms with Crippen LogP contribution in [-0.2, 0) is 11.2 Å². The highest BCUT2D eigenvalue weighted by Crippen LogP contribution is 2.13. The molecule has 0 bridgehead atoms. The molecule has 0 radical (unpaired) electrons. The van der Waals surface area contributed by atoms with Crippen LogP contribution in [0.3, 0.4) is 0 Å². The summed E-state index contributed by atoms with van der Waals surface area (Å²) in [5.74, 6) is 0.659. The van der Waals surface area contributed by atoms with Crippen molar-refractivity contribution in [3.8, 4) is 0 Å². The zero-order valence-corrected chi connectivity index (χ0v) is 18.6. The number of guanidine groups is 1. The second-order valence-electron chi connectivity index (χ2n) is 6.37. The Labute approximate surface area is 169 Å². The summed E-state index contributed by atoms with van der Waals surface area (Å²) < 4.78 is 0. The van der Waals surface area contributed by atoms with E-state index in [0.29, 0.717) is 12.0 Å². The van der Waals surface area contributed by atoms with Crippen molar-refractivity contribution in [3.05, 3.63) is 35.4 Å². The van der Waals surface area contributed by atoms with Crippen molar-refractivity contribution in [1.29, 1.82) is 0 Å². The molecule has 25 heavy (non-hydrogen) atoms. The van der Waals surface area contributed by atoms with Crippen LogP contribution >= 0.6 is 24.0 Å². The number of carbonyl (C=O) groups is 1. The number of nitrogens with one attached hydrogen (secondary N) is 2. The monoisotopic (exact) mass is 460 g/mol.